The monoisotopic (exact) mass is 861 g/mol. The molecule has 0 atom stereocenters. The van der Waals surface area contributed by atoms with Gasteiger partial charge in [-0.05, 0) is 0 Å². The minimum Gasteiger partial charge on any atom is -1.00 e. The zero-order valence-corrected chi connectivity index (χ0v) is 36.6. The Morgan fingerprint density at radius 3 is 0.591 bits per heavy atom. The molecule has 0 rings (SSSR count). The Labute approximate surface area is 319 Å². The Balaban J connectivity index is 0. The zero-order valence-electron chi connectivity index (χ0n) is 31.2. The molecule has 44 heavy (non-hydrogen) atoms. The Morgan fingerprint density at radius 1 is 0.250 bits per heavy atom. The maximum absolute atomic E-state index is 3.07. The predicted octanol–water partition coefficient (Wildman–Crippen LogP) is 11.1. The maximum atomic E-state index is 3.07. The van der Waals surface area contributed by atoms with Crippen LogP contribution in [0.4, 0.5) is 0 Å². The number of rotatable bonds is 38. The molecule has 0 saturated carbocycles. The predicted molar refractivity (Wildman–Crippen MR) is 194 cm³/mol. The molecule has 0 amide bonds. The van der Waals surface area contributed by atoms with Gasteiger partial charge >= 0.3 is 299 Å². The molecule has 0 aliphatic carbocycles. The molecule has 0 aromatic rings. The molecule has 0 aliphatic heterocycles. The van der Waals surface area contributed by atoms with Gasteiger partial charge in [-0.25, -0.2) is 0 Å². The van der Waals surface area contributed by atoms with E-state index >= 15 is 0 Å². The normalized spacial score (nSPS) is 11.4. The standard InChI is InChI=1S/2C20H42N.HI.Nd/c2*1-3-5-7-9-11-13-15-17-19-21-20-18-16-14-12-10-8-6-4-2;;/h2*3-20H2,1-2H3;1H;/q2*-1;;+3/p-1. The van der Waals surface area contributed by atoms with Crippen LogP contribution in [0, 0.1) is 37.5 Å². The van der Waals surface area contributed by atoms with Crippen molar-refractivity contribution in [3.05, 3.63) is 0 Å². The van der Waals surface area contributed by atoms with Gasteiger partial charge in [0.25, 0.3) is 0 Å². The van der Waals surface area contributed by atoms with Crippen LogP contribution in [0.15, 0.2) is 0 Å². The second kappa shape index (κ2) is 43.0. The quantitative estimate of drug-likeness (QED) is 0.0451. The van der Waals surface area contributed by atoms with E-state index in [1.165, 1.54) is 232 Å². The first-order chi connectivity index (χ1) is 21.3. The Kier molecular flexibility index (Phi) is 47.0. The molecule has 0 N–H and O–H groups in total. The molecule has 265 valence electrons. The average Bonchev–Trinajstić information content (AvgIpc) is 3.01. The fourth-order valence-corrected chi connectivity index (χ4v) is 11.0. The van der Waals surface area contributed by atoms with E-state index in [1.54, 1.807) is 0 Å². The number of unbranched alkanes of at least 4 members (excludes halogenated alkanes) is 28. The van der Waals surface area contributed by atoms with Gasteiger partial charge in [-0.2, -0.15) is 0 Å². The van der Waals surface area contributed by atoms with Crippen molar-refractivity contribution in [3.8, 4) is 0 Å². The fraction of sp³-hybridized carbons (Fsp3) is 1.00. The first-order valence-electron chi connectivity index (χ1n) is 20.5. The van der Waals surface area contributed by atoms with Crippen molar-refractivity contribution in [1.29, 1.82) is 0 Å². The first kappa shape index (κ1) is 48.1. The Morgan fingerprint density at radius 2 is 0.409 bits per heavy atom. The van der Waals surface area contributed by atoms with Crippen molar-refractivity contribution in [2.75, 3.05) is 26.2 Å². The topological polar surface area (TPSA) is 6.48 Å². The molecule has 0 aromatic carbocycles. The van der Waals surface area contributed by atoms with E-state index in [9.17, 15) is 0 Å². The molecule has 2 nitrogen and oxygen atoms in total. The fourth-order valence-electron chi connectivity index (χ4n) is 6.37. The minimum atomic E-state index is -0.910. The summed E-state index contributed by atoms with van der Waals surface area (Å²) in [6.45, 7) is 15.0. The molecule has 0 aliphatic rings. The molecular weight excluding hydrogens is 780 g/mol. The maximum Gasteiger partial charge on any atom is -1.00 e. The Bertz CT molecular complexity index is 410. The minimum absolute atomic E-state index is 0. The van der Waals surface area contributed by atoms with E-state index in [-0.39, 0.29) is 24.0 Å². The van der Waals surface area contributed by atoms with Gasteiger partial charge in [0.15, 0.2) is 0 Å². The summed E-state index contributed by atoms with van der Waals surface area (Å²) >= 11 is -0.910. The van der Waals surface area contributed by atoms with Crippen molar-refractivity contribution >= 4 is 0 Å². The zero-order chi connectivity index (χ0) is 31.3. The molecule has 0 saturated heterocycles. The molecule has 0 aromatic heterocycles. The van der Waals surface area contributed by atoms with Gasteiger partial charge in [-0.15, -0.1) is 0 Å². The largest absolute Gasteiger partial charge is 1.00 e. The summed E-state index contributed by atoms with van der Waals surface area (Å²) in [5.41, 5.74) is 0. The second-order valence-corrected chi connectivity index (χ2v) is 18.7. The van der Waals surface area contributed by atoms with Gasteiger partial charge in [0.2, 0.25) is 0 Å². The van der Waals surface area contributed by atoms with Gasteiger partial charge in [0.1, 0.15) is 0 Å². The van der Waals surface area contributed by atoms with Crippen molar-refractivity contribution < 1.29 is 61.5 Å². The third kappa shape index (κ3) is 38.4. The van der Waals surface area contributed by atoms with Crippen LogP contribution >= 0.6 is 0 Å². The van der Waals surface area contributed by atoms with Gasteiger partial charge in [0, 0.05) is 0 Å². The van der Waals surface area contributed by atoms with Crippen molar-refractivity contribution in [3.63, 3.8) is 0 Å². The van der Waals surface area contributed by atoms with Crippen molar-refractivity contribution in [2.24, 2.45) is 0 Å². The summed E-state index contributed by atoms with van der Waals surface area (Å²) in [7, 11) is 0. The van der Waals surface area contributed by atoms with Crippen LogP contribution in [0.1, 0.15) is 233 Å². The van der Waals surface area contributed by atoms with Gasteiger partial charge in [0.05, 0.1) is 0 Å². The van der Waals surface area contributed by atoms with Gasteiger partial charge < -0.3 is 24.0 Å². The number of nitrogens with zero attached hydrogens (tertiary/aromatic N) is 2. The summed E-state index contributed by atoms with van der Waals surface area (Å²) in [6, 6.07) is 0. The van der Waals surface area contributed by atoms with Crippen LogP contribution in [0.3, 0.4) is 0 Å². The van der Waals surface area contributed by atoms with E-state index in [0.29, 0.717) is 0 Å². The summed E-state index contributed by atoms with van der Waals surface area (Å²) in [6.07, 6.45) is 46.5. The second-order valence-electron chi connectivity index (χ2n) is 14.0. The smallest absolute Gasteiger partial charge is 1.00 e. The number of hydrogen-bond acceptors (Lipinski definition) is 2. The number of halogens is 1. The van der Waals surface area contributed by atoms with Gasteiger partial charge in [-0.3, -0.25) is 0 Å². The molecule has 0 heterocycles. The van der Waals surface area contributed by atoms with E-state index in [4.69, 9.17) is 0 Å². The third-order valence-corrected chi connectivity index (χ3v) is 14.1. The molecule has 0 spiro atoms. The SMILES string of the molecule is CCCCCCCCCC[N](CCCCCCCCCC)[Nd+][N](CCCCCCCCCC)CCCCCCCCCC.[I-]. The molecule has 0 unspecified atom stereocenters. The van der Waals surface area contributed by atoms with Crippen LogP contribution in [-0.4, -0.2) is 28.1 Å². The third-order valence-electron chi connectivity index (χ3n) is 9.41. The van der Waals surface area contributed by atoms with Gasteiger partial charge in [-0.1, -0.05) is 0 Å². The molecular formula is C40H84IN2Nd. The Hall–Kier alpha value is 2.00. The molecule has 4 heteroatoms. The first-order valence-corrected chi connectivity index (χ1v) is 23.4. The molecule has 0 fully saturated rings. The van der Waals surface area contributed by atoms with Crippen molar-refractivity contribution in [1.82, 2.24) is 1.97 Å². The van der Waals surface area contributed by atoms with Crippen molar-refractivity contribution in [2.45, 2.75) is 233 Å². The van der Waals surface area contributed by atoms with Crippen LogP contribution in [0.5, 0.6) is 0 Å². The van der Waals surface area contributed by atoms with Crippen LogP contribution in [0.25, 0.3) is 0 Å². The van der Waals surface area contributed by atoms with Crippen LogP contribution < -0.4 is 24.0 Å². The van der Waals surface area contributed by atoms with E-state index in [2.05, 4.69) is 29.7 Å². The summed E-state index contributed by atoms with van der Waals surface area (Å²) in [5.74, 6) is 0. The van der Waals surface area contributed by atoms with E-state index < -0.39 is 37.5 Å². The summed E-state index contributed by atoms with van der Waals surface area (Å²) in [4.78, 5) is 0. The average molecular weight is 864 g/mol. The van der Waals surface area contributed by atoms with Crippen LogP contribution in [0.2, 0.25) is 0 Å². The summed E-state index contributed by atoms with van der Waals surface area (Å²) < 4.78 is 6.15. The van der Waals surface area contributed by atoms with E-state index in [1.807, 2.05) is 0 Å². The van der Waals surface area contributed by atoms with Crippen LogP contribution in [-0.2, 0) is 0 Å². The molecule has 0 bridgehead atoms. The van der Waals surface area contributed by atoms with E-state index in [0.717, 1.165) is 0 Å². The summed E-state index contributed by atoms with van der Waals surface area (Å²) in [5, 5.41) is 0. The molecule has 0 radical (unpaired) electrons. The number of hydrogen-bond donors (Lipinski definition) is 0.